The highest BCUT2D eigenvalue weighted by Crippen LogP contribution is 2.44. The lowest BCUT2D eigenvalue weighted by molar-refractivity contribution is -0.263. The summed E-state index contributed by atoms with van der Waals surface area (Å²) in [6.45, 7) is 5.12. The number of nitrogens with zero attached hydrogens (tertiary/aromatic N) is 1. The van der Waals surface area contributed by atoms with Crippen LogP contribution in [0.2, 0.25) is 0 Å². The van der Waals surface area contributed by atoms with Crippen LogP contribution in [-0.4, -0.2) is 107 Å². The number of amides is 3. The molecule has 57 heavy (non-hydrogen) atoms. The molecule has 1 saturated heterocycles. The van der Waals surface area contributed by atoms with Gasteiger partial charge in [0, 0.05) is 45.5 Å². The van der Waals surface area contributed by atoms with Crippen molar-refractivity contribution in [3.8, 4) is 16.9 Å². The van der Waals surface area contributed by atoms with Crippen molar-refractivity contribution in [1.29, 1.82) is 0 Å². The Morgan fingerprint density at radius 3 is 2.07 bits per heavy atom. The molecule has 3 aromatic rings. The van der Waals surface area contributed by atoms with Crippen molar-refractivity contribution in [2.24, 2.45) is 5.92 Å². The first-order chi connectivity index (χ1) is 27.0. The van der Waals surface area contributed by atoms with Gasteiger partial charge in [-0.3, -0.25) is 14.4 Å². The molecular formula is C40H47N3O13S. The van der Waals surface area contributed by atoms with Gasteiger partial charge in [0.1, 0.15) is 41.4 Å². The minimum absolute atomic E-state index is 0.0407. The van der Waals surface area contributed by atoms with Crippen molar-refractivity contribution < 1.29 is 60.8 Å². The Labute approximate surface area is 331 Å². The number of likely N-dealkylation sites (N-methyl/N-ethyl adjacent to an activating group) is 1. The van der Waals surface area contributed by atoms with Gasteiger partial charge in [-0.05, 0) is 46.9 Å². The second-order valence-corrected chi connectivity index (χ2v) is 16.3. The van der Waals surface area contributed by atoms with Crippen molar-refractivity contribution in [2.45, 2.75) is 64.8 Å². The third kappa shape index (κ3) is 11.2. The van der Waals surface area contributed by atoms with Crippen LogP contribution in [0, 0.1) is 5.92 Å². The summed E-state index contributed by atoms with van der Waals surface area (Å²) in [7, 11) is -1.89. The molecule has 3 amide bonds. The number of anilines is 1. The summed E-state index contributed by atoms with van der Waals surface area (Å²) in [5.41, 5.74) is 4.68. The molecule has 2 N–H and O–H groups in total. The Hall–Kier alpha value is -5.68. The van der Waals surface area contributed by atoms with Crippen LogP contribution < -0.4 is 15.4 Å². The standard InChI is InChI=1S/C40H47N3O13S/c1-23-24(2)53-38(37(55-26(4)45)36(23)54-25(3)44)56-34-16-15-27(21-51-39(47)41-17-18-57(6,49)50)19-33(34)42-35(46)20-43(5)40(48)52-22-32-30-13-9-7-11-28(30)29-12-8-10-14-31(29)32/h7-16,19,23-24,32,36-38H,17-18,20-22H2,1-6H3,(H,41,47)(H,42,46)/t23-,24-,36+,37-,38+/m1/s1. The topological polar surface area (TPSA) is 202 Å². The normalized spacial score (nSPS) is 19.9. The summed E-state index contributed by atoms with van der Waals surface area (Å²) in [5, 5.41) is 5.08. The first-order valence-electron chi connectivity index (χ1n) is 18.2. The van der Waals surface area contributed by atoms with Crippen LogP contribution in [0.25, 0.3) is 11.1 Å². The number of carbonyl (C=O) groups is 5. The van der Waals surface area contributed by atoms with Gasteiger partial charge in [0.2, 0.25) is 18.3 Å². The van der Waals surface area contributed by atoms with Gasteiger partial charge in [-0.25, -0.2) is 18.0 Å². The molecule has 5 rings (SSSR count). The Kier molecular flexibility index (Phi) is 13.8. The van der Waals surface area contributed by atoms with Crippen LogP contribution in [-0.2, 0) is 54.5 Å². The number of alkyl carbamates (subject to hydrolysis) is 1. The van der Waals surface area contributed by atoms with E-state index in [1.165, 1.54) is 39.1 Å². The Morgan fingerprint density at radius 2 is 1.46 bits per heavy atom. The Balaban J connectivity index is 1.31. The summed E-state index contributed by atoms with van der Waals surface area (Å²) in [6.07, 6.45) is -4.51. The summed E-state index contributed by atoms with van der Waals surface area (Å²) < 4.78 is 57.1. The molecule has 1 fully saturated rings. The van der Waals surface area contributed by atoms with E-state index >= 15 is 0 Å². The first kappa shape index (κ1) is 42.5. The number of benzene rings is 3. The van der Waals surface area contributed by atoms with Crippen LogP contribution in [0.1, 0.15) is 50.3 Å². The molecule has 0 bridgehead atoms. The van der Waals surface area contributed by atoms with E-state index in [2.05, 4.69) is 10.6 Å². The summed E-state index contributed by atoms with van der Waals surface area (Å²) >= 11 is 0. The number of hydrogen-bond acceptors (Lipinski definition) is 13. The van der Waals surface area contributed by atoms with Crippen molar-refractivity contribution in [1.82, 2.24) is 10.2 Å². The molecule has 5 atom stereocenters. The second kappa shape index (κ2) is 18.5. The van der Waals surface area contributed by atoms with Gasteiger partial charge in [0.25, 0.3) is 0 Å². The van der Waals surface area contributed by atoms with E-state index in [1.54, 1.807) is 13.8 Å². The van der Waals surface area contributed by atoms with E-state index in [-0.39, 0.29) is 42.9 Å². The number of hydrogen-bond donors (Lipinski definition) is 2. The minimum Gasteiger partial charge on any atom is -0.459 e. The number of ether oxygens (including phenoxy) is 6. The maximum absolute atomic E-state index is 13.5. The smallest absolute Gasteiger partial charge is 0.409 e. The van der Waals surface area contributed by atoms with E-state index in [0.717, 1.165) is 33.4 Å². The second-order valence-electron chi connectivity index (χ2n) is 14.0. The van der Waals surface area contributed by atoms with Gasteiger partial charge in [0.15, 0.2) is 0 Å². The summed E-state index contributed by atoms with van der Waals surface area (Å²) in [5.74, 6) is -2.74. The molecule has 1 aliphatic heterocycles. The fourth-order valence-electron chi connectivity index (χ4n) is 6.61. The minimum atomic E-state index is -3.31. The van der Waals surface area contributed by atoms with Crippen molar-refractivity contribution in [2.75, 3.05) is 44.1 Å². The largest absolute Gasteiger partial charge is 0.459 e. The molecular weight excluding hydrogens is 763 g/mol. The van der Waals surface area contributed by atoms with Crippen molar-refractivity contribution in [3.63, 3.8) is 0 Å². The SMILES string of the molecule is CC(=O)O[C@H]1[C@H](Oc2ccc(COC(=O)NCCS(C)(=O)=O)cc2NC(=O)CN(C)C(=O)OCC2c3ccccc3-c3ccccc32)O[C@H](C)[C@@H](C)[C@@H]1OC(C)=O. The molecule has 0 aromatic heterocycles. The number of sulfone groups is 1. The van der Waals surface area contributed by atoms with Gasteiger partial charge < -0.3 is 44.0 Å². The highest BCUT2D eigenvalue weighted by molar-refractivity contribution is 7.90. The maximum atomic E-state index is 13.5. The monoisotopic (exact) mass is 809 g/mol. The highest BCUT2D eigenvalue weighted by atomic mass is 32.2. The summed E-state index contributed by atoms with van der Waals surface area (Å²) in [6, 6.07) is 20.3. The first-order valence-corrected chi connectivity index (χ1v) is 20.3. The van der Waals surface area contributed by atoms with Crippen molar-refractivity contribution in [3.05, 3.63) is 83.4 Å². The molecule has 0 saturated carbocycles. The van der Waals surface area contributed by atoms with Crippen LogP contribution in [0.15, 0.2) is 66.7 Å². The van der Waals surface area contributed by atoms with Crippen LogP contribution >= 0.6 is 0 Å². The number of nitrogens with one attached hydrogen (secondary N) is 2. The molecule has 2 aliphatic rings. The maximum Gasteiger partial charge on any atom is 0.409 e. The fraction of sp³-hybridized carbons (Fsp3) is 0.425. The lowest BCUT2D eigenvalue weighted by Gasteiger charge is -2.43. The highest BCUT2D eigenvalue weighted by Gasteiger charge is 2.48. The molecule has 0 radical (unpaired) electrons. The van der Waals surface area contributed by atoms with E-state index in [4.69, 9.17) is 28.4 Å². The van der Waals surface area contributed by atoms with E-state index in [9.17, 15) is 32.4 Å². The van der Waals surface area contributed by atoms with E-state index < -0.39 is 76.9 Å². The number of fused-ring (bicyclic) bond motifs is 3. The van der Waals surface area contributed by atoms with Crippen LogP contribution in [0.5, 0.6) is 5.75 Å². The van der Waals surface area contributed by atoms with E-state index in [1.807, 2.05) is 48.5 Å². The predicted molar refractivity (Wildman–Crippen MR) is 206 cm³/mol. The number of rotatable bonds is 14. The molecule has 306 valence electrons. The Bertz CT molecular complexity index is 2050. The third-order valence-electron chi connectivity index (χ3n) is 9.51. The molecule has 16 nitrogen and oxygen atoms in total. The zero-order chi connectivity index (χ0) is 41.4. The van der Waals surface area contributed by atoms with E-state index in [0.29, 0.717) is 5.56 Å². The lowest BCUT2D eigenvalue weighted by atomic mass is 9.91. The lowest BCUT2D eigenvalue weighted by Crippen LogP contribution is -2.57. The quantitative estimate of drug-likeness (QED) is 0.172. The zero-order valence-electron chi connectivity index (χ0n) is 32.5. The average molecular weight is 810 g/mol. The zero-order valence-corrected chi connectivity index (χ0v) is 33.3. The molecule has 0 spiro atoms. The molecule has 1 heterocycles. The fourth-order valence-corrected chi connectivity index (χ4v) is 7.09. The van der Waals surface area contributed by atoms with Gasteiger partial charge in [-0.1, -0.05) is 61.5 Å². The molecule has 17 heteroatoms. The molecule has 0 unspecified atom stereocenters. The van der Waals surface area contributed by atoms with Gasteiger partial charge in [-0.15, -0.1) is 0 Å². The Morgan fingerprint density at radius 1 is 0.842 bits per heavy atom. The van der Waals surface area contributed by atoms with Gasteiger partial charge in [-0.2, -0.15) is 0 Å². The molecule has 3 aromatic carbocycles. The number of carbonyl (C=O) groups excluding carboxylic acids is 5. The van der Waals surface area contributed by atoms with Crippen molar-refractivity contribution >= 4 is 45.6 Å². The van der Waals surface area contributed by atoms with Crippen LogP contribution in [0.4, 0.5) is 15.3 Å². The number of esters is 2. The molecule has 1 aliphatic carbocycles. The van der Waals surface area contributed by atoms with Gasteiger partial charge in [0.05, 0.1) is 17.5 Å². The average Bonchev–Trinajstić information content (AvgIpc) is 3.46. The van der Waals surface area contributed by atoms with Crippen LogP contribution in [0.3, 0.4) is 0 Å². The van der Waals surface area contributed by atoms with Gasteiger partial charge >= 0.3 is 24.1 Å². The predicted octanol–water partition coefficient (Wildman–Crippen LogP) is 4.40. The summed E-state index contributed by atoms with van der Waals surface area (Å²) in [4.78, 5) is 64.3. The third-order valence-corrected chi connectivity index (χ3v) is 10.5.